The molecule has 0 bridgehead atoms. The van der Waals surface area contributed by atoms with Gasteiger partial charge in [0.15, 0.2) is 4.80 Å². The molecule has 0 N–H and O–H groups in total. The normalized spacial score (nSPS) is 16.5. The highest BCUT2D eigenvalue weighted by Crippen LogP contribution is 2.33. The Morgan fingerprint density at radius 3 is 2.79 bits per heavy atom. The Labute approximate surface area is 179 Å². The molecule has 1 aliphatic heterocycles. The summed E-state index contributed by atoms with van der Waals surface area (Å²) in [6.07, 6.45) is 1.76. The molecule has 1 atom stereocenters. The fourth-order valence-electron chi connectivity index (χ4n) is 3.24. The zero-order valence-electron chi connectivity index (χ0n) is 15.7. The van der Waals surface area contributed by atoms with Gasteiger partial charge in [0.05, 0.1) is 22.4 Å². The summed E-state index contributed by atoms with van der Waals surface area (Å²) in [6, 6.07) is 10.6. The average Bonchev–Trinajstić information content (AvgIpc) is 3.32. The first-order valence-electron chi connectivity index (χ1n) is 8.99. The number of thiophene rings is 1. The van der Waals surface area contributed by atoms with Crippen molar-refractivity contribution in [3.8, 4) is 0 Å². The maximum Gasteiger partial charge on any atom is 0.338 e. The lowest BCUT2D eigenvalue weighted by molar-refractivity contribution is -0.139. The van der Waals surface area contributed by atoms with E-state index in [9.17, 15) is 9.59 Å². The molecule has 0 amide bonds. The van der Waals surface area contributed by atoms with Gasteiger partial charge in [-0.1, -0.05) is 47.2 Å². The lowest BCUT2D eigenvalue weighted by Crippen LogP contribution is -2.39. The molecule has 3 aromatic rings. The molecule has 148 valence electrons. The predicted octanol–water partition coefficient (Wildman–Crippen LogP) is 3.51. The van der Waals surface area contributed by atoms with E-state index in [1.54, 1.807) is 30.6 Å². The number of carbonyl (C=O) groups is 1. The van der Waals surface area contributed by atoms with Crippen molar-refractivity contribution in [2.24, 2.45) is 4.99 Å². The van der Waals surface area contributed by atoms with Crippen LogP contribution in [0.4, 0.5) is 0 Å². The van der Waals surface area contributed by atoms with Crippen LogP contribution in [-0.4, -0.2) is 17.1 Å². The van der Waals surface area contributed by atoms with Crippen LogP contribution in [0.25, 0.3) is 6.08 Å². The lowest BCUT2D eigenvalue weighted by atomic mass is 10.0. The van der Waals surface area contributed by atoms with E-state index in [0.717, 1.165) is 10.4 Å². The number of halogens is 1. The van der Waals surface area contributed by atoms with Gasteiger partial charge >= 0.3 is 5.97 Å². The number of rotatable bonds is 4. The number of nitrogens with zero attached hydrogens (tertiary/aromatic N) is 2. The molecule has 29 heavy (non-hydrogen) atoms. The van der Waals surface area contributed by atoms with Crippen molar-refractivity contribution in [3.63, 3.8) is 0 Å². The summed E-state index contributed by atoms with van der Waals surface area (Å²) < 4.78 is 7.36. The van der Waals surface area contributed by atoms with Crippen molar-refractivity contribution in [1.82, 2.24) is 4.57 Å². The Morgan fingerprint density at radius 2 is 2.10 bits per heavy atom. The molecule has 0 radical (unpaired) electrons. The molecule has 8 heteroatoms. The second-order valence-corrected chi connectivity index (χ2v) is 8.73. The van der Waals surface area contributed by atoms with E-state index in [1.165, 1.54) is 22.7 Å². The monoisotopic (exact) mass is 444 g/mol. The van der Waals surface area contributed by atoms with Gasteiger partial charge in [0.1, 0.15) is 6.04 Å². The number of hydrogen-bond acceptors (Lipinski definition) is 6. The summed E-state index contributed by atoms with van der Waals surface area (Å²) in [5.41, 5.74) is 1.51. The van der Waals surface area contributed by atoms with E-state index in [2.05, 4.69) is 4.99 Å². The third-order valence-corrected chi connectivity index (χ3v) is 6.77. The van der Waals surface area contributed by atoms with Gasteiger partial charge in [-0.05, 0) is 43.0 Å². The third-order valence-electron chi connectivity index (χ3n) is 4.52. The second-order valence-electron chi connectivity index (χ2n) is 6.34. The fraction of sp³-hybridized carbons (Fsp3) is 0.190. The van der Waals surface area contributed by atoms with Gasteiger partial charge in [0, 0.05) is 9.90 Å². The molecule has 0 saturated carbocycles. The quantitative estimate of drug-likeness (QED) is 0.578. The topological polar surface area (TPSA) is 60.7 Å². The van der Waals surface area contributed by atoms with Gasteiger partial charge in [0.25, 0.3) is 5.56 Å². The number of fused-ring (bicyclic) bond motifs is 1. The minimum atomic E-state index is -0.557. The van der Waals surface area contributed by atoms with Gasteiger partial charge in [-0.25, -0.2) is 9.79 Å². The van der Waals surface area contributed by atoms with E-state index in [0.29, 0.717) is 25.6 Å². The van der Waals surface area contributed by atoms with Crippen LogP contribution in [0.2, 0.25) is 5.02 Å². The summed E-state index contributed by atoms with van der Waals surface area (Å²) in [5.74, 6) is -0.451. The molecular weight excluding hydrogens is 428 g/mol. The maximum atomic E-state index is 13.3. The molecule has 5 nitrogen and oxygen atoms in total. The highest BCUT2D eigenvalue weighted by molar-refractivity contribution is 7.10. The van der Waals surface area contributed by atoms with Crippen LogP contribution >= 0.6 is 34.3 Å². The molecule has 0 unspecified atom stereocenters. The van der Waals surface area contributed by atoms with Crippen LogP contribution in [0.3, 0.4) is 0 Å². The molecule has 2 aromatic heterocycles. The number of allylic oxidation sites excluding steroid dienone is 1. The van der Waals surface area contributed by atoms with Gasteiger partial charge in [-0.15, -0.1) is 11.3 Å². The Kier molecular flexibility index (Phi) is 5.54. The molecule has 0 saturated heterocycles. The van der Waals surface area contributed by atoms with Crippen molar-refractivity contribution in [2.75, 3.05) is 6.61 Å². The first-order chi connectivity index (χ1) is 14.0. The average molecular weight is 445 g/mol. The van der Waals surface area contributed by atoms with Crippen LogP contribution in [0.15, 0.2) is 62.8 Å². The minimum Gasteiger partial charge on any atom is -0.463 e. The van der Waals surface area contributed by atoms with E-state index in [4.69, 9.17) is 16.3 Å². The van der Waals surface area contributed by atoms with Crippen LogP contribution in [0, 0.1) is 0 Å². The Balaban J connectivity index is 1.96. The van der Waals surface area contributed by atoms with Crippen LogP contribution in [0.5, 0.6) is 0 Å². The van der Waals surface area contributed by atoms with Gasteiger partial charge in [-0.2, -0.15) is 0 Å². The Morgan fingerprint density at radius 1 is 1.31 bits per heavy atom. The minimum absolute atomic E-state index is 0.207. The fourth-order valence-corrected chi connectivity index (χ4v) is 5.29. The van der Waals surface area contributed by atoms with Crippen LogP contribution < -0.4 is 14.9 Å². The standard InChI is InChI=1S/C21H17ClN2O3S2/c1-3-27-20(26)17-12(2)23-21-24(18(17)15-9-6-10-28-15)19(25)16(29-21)11-13-7-4-5-8-14(13)22/h4-11,18H,3H2,1-2H3/t18-/m1/s1. The summed E-state index contributed by atoms with van der Waals surface area (Å²) >= 11 is 9.03. The summed E-state index contributed by atoms with van der Waals surface area (Å²) in [6.45, 7) is 3.79. The summed E-state index contributed by atoms with van der Waals surface area (Å²) in [4.78, 5) is 32.0. The molecule has 1 aliphatic rings. The Hall–Kier alpha value is -2.48. The predicted molar refractivity (Wildman–Crippen MR) is 116 cm³/mol. The molecule has 0 fully saturated rings. The van der Waals surface area contributed by atoms with E-state index in [-0.39, 0.29) is 12.2 Å². The highest BCUT2D eigenvalue weighted by atomic mass is 35.5. The zero-order chi connectivity index (χ0) is 20.5. The van der Waals surface area contributed by atoms with Crippen molar-refractivity contribution in [3.05, 3.63) is 88.2 Å². The largest absolute Gasteiger partial charge is 0.463 e. The number of benzene rings is 1. The van der Waals surface area contributed by atoms with E-state index in [1.807, 2.05) is 35.7 Å². The number of ether oxygens (including phenoxy) is 1. The number of hydrogen-bond donors (Lipinski definition) is 0. The SMILES string of the molecule is CCOC(=O)C1=C(C)N=c2sc(=Cc3ccccc3Cl)c(=O)n2[C@@H]1c1cccs1. The lowest BCUT2D eigenvalue weighted by Gasteiger charge is -2.23. The number of esters is 1. The van der Waals surface area contributed by atoms with Crippen molar-refractivity contribution in [2.45, 2.75) is 19.9 Å². The Bertz CT molecular complexity index is 1290. The van der Waals surface area contributed by atoms with Gasteiger partial charge < -0.3 is 4.74 Å². The number of aromatic nitrogens is 1. The van der Waals surface area contributed by atoms with Gasteiger partial charge in [-0.3, -0.25) is 9.36 Å². The number of carbonyl (C=O) groups excluding carboxylic acids is 1. The molecule has 0 aliphatic carbocycles. The van der Waals surface area contributed by atoms with Crippen molar-refractivity contribution in [1.29, 1.82) is 0 Å². The van der Waals surface area contributed by atoms with Crippen molar-refractivity contribution < 1.29 is 9.53 Å². The first-order valence-corrected chi connectivity index (χ1v) is 11.1. The zero-order valence-corrected chi connectivity index (χ0v) is 18.1. The highest BCUT2D eigenvalue weighted by Gasteiger charge is 2.33. The molecule has 4 rings (SSSR count). The number of thiazole rings is 1. The van der Waals surface area contributed by atoms with Crippen LogP contribution in [-0.2, 0) is 9.53 Å². The summed E-state index contributed by atoms with van der Waals surface area (Å²) in [7, 11) is 0. The maximum absolute atomic E-state index is 13.3. The first kappa shape index (κ1) is 19.8. The molecular formula is C21H17ClN2O3S2. The van der Waals surface area contributed by atoms with Crippen LogP contribution in [0.1, 0.15) is 30.3 Å². The second kappa shape index (κ2) is 8.10. The third kappa shape index (κ3) is 3.61. The van der Waals surface area contributed by atoms with Gasteiger partial charge in [0.2, 0.25) is 0 Å². The molecule has 3 heterocycles. The molecule has 0 spiro atoms. The van der Waals surface area contributed by atoms with Crippen molar-refractivity contribution >= 4 is 46.3 Å². The van der Waals surface area contributed by atoms with E-state index < -0.39 is 12.0 Å². The molecule has 1 aromatic carbocycles. The summed E-state index contributed by atoms with van der Waals surface area (Å²) in [5, 5.41) is 2.49. The smallest absolute Gasteiger partial charge is 0.338 e. The van der Waals surface area contributed by atoms with E-state index >= 15 is 0 Å².